The van der Waals surface area contributed by atoms with Crippen molar-refractivity contribution in [3.63, 3.8) is 0 Å². The van der Waals surface area contributed by atoms with Crippen LogP contribution in [0.25, 0.3) is 0 Å². The van der Waals surface area contributed by atoms with Gasteiger partial charge < -0.3 is 5.73 Å². The topological polar surface area (TPSA) is 43.1 Å². The Morgan fingerprint density at radius 2 is 2.00 bits per heavy atom. The van der Waals surface area contributed by atoms with Crippen molar-refractivity contribution < 1.29 is 4.79 Å². The summed E-state index contributed by atoms with van der Waals surface area (Å²) in [5.74, 6) is 0.204. The van der Waals surface area contributed by atoms with E-state index in [1.807, 2.05) is 12.2 Å². The van der Waals surface area contributed by atoms with Gasteiger partial charge >= 0.3 is 0 Å². The van der Waals surface area contributed by atoms with E-state index in [0.29, 0.717) is 0 Å². The summed E-state index contributed by atoms with van der Waals surface area (Å²) in [6.07, 6.45) is 7.21. The Balaban J connectivity index is 2.35. The van der Waals surface area contributed by atoms with Crippen LogP contribution in [0.2, 0.25) is 0 Å². The molecule has 0 bridgehead atoms. The van der Waals surface area contributed by atoms with E-state index >= 15 is 0 Å². The molecule has 0 atom stereocenters. The van der Waals surface area contributed by atoms with Crippen LogP contribution >= 0.6 is 0 Å². The van der Waals surface area contributed by atoms with Gasteiger partial charge in [-0.15, -0.1) is 0 Å². The third-order valence-corrected chi connectivity index (χ3v) is 2.41. The summed E-state index contributed by atoms with van der Waals surface area (Å²) in [7, 11) is 0. The van der Waals surface area contributed by atoms with Gasteiger partial charge in [-0.2, -0.15) is 0 Å². The predicted octanol–water partition coefficient (Wildman–Crippen LogP) is 0.748. The molecule has 0 radical (unpaired) electrons. The highest BCUT2D eigenvalue weighted by Crippen LogP contribution is 2.45. The number of allylic oxidation sites excluding steroid dienone is 4. The highest BCUT2D eigenvalue weighted by atomic mass is 16.1. The first-order valence-electron chi connectivity index (χ1n) is 3.43. The number of hydrogen-bond donors (Lipinski definition) is 1. The monoisotopic (exact) mass is 135 g/mol. The van der Waals surface area contributed by atoms with Gasteiger partial charge in [0.2, 0.25) is 0 Å². The molecule has 2 aliphatic rings. The minimum atomic E-state index is -0.278. The van der Waals surface area contributed by atoms with E-state index in [-0.39, 0.29) is 11.2 Å². The molecular weight excluding hydrogens is 126 g/mol. The molecule has 0 saturated carbocycles. The summed E-state index contributed by atoms with van der Waals surface area (Å²) in [6, 6.07) is 0. The van der Waals surface area contributed by atoms with Crippen molar-refractivity contribution in [3.8, 4) is 0 Å². The van der Waals surface area contributed by atoms with E-state index in [4.69, 9.17) is 5.73 Å². The third-order valence-electron chi connectivity index (χ3n) is 2.41. The highest BCUT2D eigenvalue weighted by molar-refractivity contribution is 6.05. The summed E-state index contributed by atoms with van der Waals surface area (Å²) in [6.45, 7) is 0. The zero-order valence-corrected chi connectivity index (χ0v) is 5.63. The SMILES string of the molecule is NC1=CC(=O)C12CC=CC2. The van der Waals surface area contributed by atoms with Gasteiger partial charge in [-0.05, 0) is 12.8 Å². The lowest BCUT2D eigenvalue weighted by Crippen LogP contribution is -2.41. The molecule has 10 heavy (non-hydrogen) atoms. The van der Waals surface area contributed by atoms with Crippen molar-refractivity contribution in [2.75, 3.05) is 0 Å². The minimum absolute atomic E-state index is 0.204. The summed E-state index contributed by atoms with van der Waals surface area (Å²) in [5.41, 5.74) is 6.10. The van der Waals surface area contributed by atoms with Crippen LogP contribution < -0.4 is 5.73 Å². The molecule has 1 spiro atoms. The van der Waals surface area contributed by atoms with Crippen LogP contribution in [0.5, 0.6) is 0 Å². The van der Waals surface area contributed by atoms with Crippen LogP contribution in [0.15, 0.2) is 23.9 Å². The number of rotatable bonds is 0. The average Bonchev–Trinajstić information content (AvgIpc) is 2.37. The Hall–Kier alpha value is -1.05. The number of carbonyl (C=O) groups is 1. The largest absolute Gasteiger partial charge is 0.401 e. The van der Waals surface area contributed by atoms with Crippen LogP contribution in [0.1, 0.15) is 12.8 Å². The second kappa shape index (κ2) is 1.51. The second-order valence-electron chi connectivity index (χ2n) is 2.93. The average molecular weight is 135 g/mol. The number of ketones is 1. The molecule has 0 heterocycles. The van der Waals surface area contributed by atoms with Gasteiger partial charge in [-0.25, -0.2) is 0 Å². The Labute approximate surface area is 59.4 Å². The van der Waals surface area contributed by atoms with Crippen molar-refractivity contribution in [2.24, 2.45) is 11.1 Å². The number of carbonyl (C=O) groups excluding carboxylic acids is 1. The van der Waals surface area contributed by atoms with Gasteiger partial charge in [0.1, 0.15) is 0 Å². The molecule has 2 N–H and O–H groups in total. The predicted molar refractivity (Wildman–Crippen MR) is 38.1 cm³/mol. The molecule has 0 saturated heterocycles. The Morgan fingerprint density at radius 3 is 2.30 bits per heavy atom. The zero-order chi connectivity index (χ0) is 7.19. The zero-order valence-electron chi connectivity index (χ0n) is 5.63. The molecule has 2 nitrogen and oxygen atoms in total. The third kappa shape index (κ3) is 0.429. The lowest BCUT2D eigenvalue weighted by atomic mass is 9.70. The number of hydrogen-bond acceptors (Lipinski definition) is 2. The maximum atomic E-state index is 11.1. The van der Waals surface area contributed by atoms with E-state index < -0.39 is 0 Å². The number of nitrogens with two attached hydrogens (primary N) is 1. The fraction of sp³-hybridized carbons (Fsp3) is 0.375. The van der Waals surface area contributed by atoms with E-state index in [1.54, 1.807) is 0 Å². The molecule has 0 unspecified atom stereocenters. The molecule has 0 aliphatic heterocycles. The maximum absolute atomic E-state index is 11.1. The van der Waals surface area contributed by atoms with E-state index in [9.17, 15) is 4.79 Å². The van der Waals surface area contributed by atoms with Crippen molar-refractivity contribution in [2.45, 2.75) is 12.8 Å². The first-order valence-corrected chi connectivity index (χ1v) is 3.43. The van der Waals surface area contributed by atoms with Gasteiger partial charge in [0, 0.05) is 11.8 Å². The van der Waals surface area contributed by atoms with Gasteiger partial charge in [-0.3, -0.25) is 4.79 Å². The molecule has 0 aromatic rings. The first-order chi connectivity index (χ1) is 4.76. The van der Waals surface area contributed by atoms with Crippen molar-refractivity contribution >= 4 is 5.78 Å². The van der Waals surface area contributed by atoms with E-state index in [2.05, 4.69) is 0 Å². The van der Waals surface area contributed by atoms with Crippen LogP contribution in [0.3, 0.4) is 0 Å². The van der Waals surface area contributed by atoms with Crippen LogP contribution in [-0.4, -0.2) is 5.78 Å². The van der Waals surface area contributed by atoms with Crippen LogP contribution in [0, 0.1) is 5.41 Å². The van der Waals surface area contributed by atoms with Gasteiger partial charge in [0.15, 0.2) is 5.78 Å². The minimum Gasteiger partial charge on any atom is -0.401 e. The Bertz CT molecular complexity index is 242. The Morgan fingerprint density at radius 1 is 1.40 bits per heavy atom. The standard InChI is InChI=1S/C8H9NO/c9-6-5-7(10)8(6)3-1-2-4-8/h1-2,5H,3-4,9H2. The summed E-state index contributed by atoms with van der Waals surface area (Å²) >= 11 is 0. The fourth-order valence-corrected chi connectivity index (χ4v) is 1.57. The molecule has 0 fully saturated rings. The Kier molecular flexibility index (Phi) is 0.862. The summed E-state index contributed by atoms with van der Waals surface area (Å²) < 4.78 is 0. The van der Waals surface area contributed by atoms with E-state index in [1.165, 1.54) is 6.08 Å². The van der Waals surface area contributed by atoms with Crippen molar-refractivity contribution in [3.05, 3.63) is 23.9 Å². The molecular formula is C8H9NO. The smallest absolute Gasteiger partial charge is 0.170 e. The summed E-state index contributed by atoms with van der Waals surface area (Å²) in [4.78, 5) is 11.1. The maximum Gasteiger partial charge on any atom is 0.170 e. The highest BCUT2D eigenvalue weighted by Gasteiger charge is 2.46. The molecule has 2 heteroatoms. The summed E-state index contributed by atoms with van der Waals surface area (Å²) in [5, 5.41) is 0. The first kappa shape index (κ1) is 5.71. The molecule has 2 rings (SSSR count). The lowest BCUT2D eigenvalue weighted by molar-refractivity contribution is -0.124. The second-order valence-corrected chi connectivity index (χ2v) is 2.93. The molecule has 0 aromatic heterocycles. The van der Waals surface area contributed by atoms with Crippen molar-refractivity contribution in [1.29, 1.82) is 0 Å². The van der Waals surface area contributed by atoms with Crippen molar-refractivity contribution in [1.82, 2.24) is 0 Å². The molecule has 2 aliphatic carbocycles. The quantitative estimate of drug-likeness (QED) is 0.498. The van der Waals surface area contributed by atoms with Crippen LogP contribution in [-0.2, 0) is 4.79 Å². The molecule has 52 valence electrons. The van der Waals surface area contributed by atoms with Gasteiger partial charge in [-0.1, -0.05) is 12.2 Å². The van der Waals surface area contributed by atoms with Gasteiger partial charge in [0.05, 0.1) is 5.41 Å². The lowest BCUT2D eigenvalue weighted by Gasteiger charge is -2.33. The molecule has 0 amide bonds. The fourth-order valence-electron chi connectivity index (χ4n) is 1.57. The van der Waals surface area contributed by atoms with Gasteiger partial charge in [0.25, 0.3) is 0 Å². The van der Waals surface area contributed by atoms with E-state index in [0.717, 1.165) is 18.5 Å². The van der Waals surface area contributed by atoms with Crippen LogP contribution in [0.4, 0.5) is 0 Å². The normalized spacial score (nSPS) is 26.8. The molecule has 0 aromatic carbocycles.